The van der Waals surface area contributed by atoms with Gasteiger partial charge in [0.15, 0.2) is 0 Å². The molecule has 1 unspecified atom stereocenters. The third-order valence-electron chi connectivity index (χ3n) is 3.96. The van der Waals surface area contributed by atoms with E-state index in [1.54, 1.807) is 0 Å². The summed E-state index contributed by atoms with van der Waals surface area (Å²) in [6.07, 6.45) is -0.157. The summed E-state index contributed by atoms with van der Waals surface area (Å²) < 4.78 is 5.06. The van der Waals surface area contributed by atoms with E-state index in [0.717, 1.165) is 5.56 Å². The molecule has 0 aromatic heterocycles. The Morgan fingerprint density at radius 2 is 1.95 bits per heavy atom. The summed E-state index contributed by atoms with van der Waals surface area (Å²) in [6, 6.07) is 9.25. The topological polar surface area (TPSA) is 46.6 Å². The zero-order valence-corrected chi connectivity index (χ0v) is 12.2. The molecule has 1 heterocycles. The van der Waals surface area contributed by atoms with Crippen molar-refractivity contribution in [3.8, 4) is 0 Å². The number of hydrogen-bond donors (Lipinski definition) is 0. The van der Waals surface area contributed by atoms with Crippen molar-refractivity contribution in [3.63, 3.8) is 0 Å². The second kappa shape index (κ2) is 6.07. The minimum atomic E-state index is -0.528. The molecule has 1 saturated heterocycles. The molecule has 1 fully saturated rings. The fourth-order valence-corrected chi connectivity index (χ4v) is 2.23. The largest absolute Gasteiger partial charge is 0.446 e. The van der Waals surface area contributed by atoms with E-state index in [2.05, 4.69) is 13.8 Å². The van der Waals surface area contributed by atoms with Gasteiger partial charge in [0.25, 0.3) is 0 Å². The van der Waals surface area contributed by atoms with Crippen LogP contribution in [0.3, 0.4) is 0 Å². The molecule has 1 aliphatic heterocycles. The van der Waals surface area contributed by atoms with Crippen molar-refractivity contribution in [2.45, 2.75) is 33.2 Å². The number of hydrogen-bond acceptors (Lipinski definition) is 3. The average Bonchev–Trinajstić information content (AvgIpc) is 2.81. The summed E-state index contributed by atoms with van der Waals surface area (Å²) in [6.45, 7) is 6.43. The fraction of sp³-hybridized carbons (Fsp3) is 0.500. The third-order valence-corrected chi connectivity index (χ3v) is 3.96. The number of benzene rings is 1. The van der Waals surface area contributed by atoms with E-state index < -0.39 is 6.09 Å². The van der Waals surface area contributed by atoms with Gasteiger partial charge in [-0.1, -0.05) is 51.1 Å². The van der Waals surface area contributed by atoms with Gasteiger partial charge in [0.2, 0.25) is 5.91 Å². The van der Waals surface area contributed by atoms with E-state index in [0.29, 0.717) is 12.3 Å². The van der Waals surface area contributed by atoms with Crippen molar-refractivity contribution < 1.29 is 14.3 Å². The number of rotatable bonds is 4. The van der Waals surface area contributed by atoms with Crippen LogP contribution in [-0.2, 0) is 9.53 Å². The minimum Gasteiger partial charge on any atom is -0.446 e. The Bertz CT molecular complexity index is 484. The van der Waals surface area contributed by atoms with Crippen LogP contribution in [0.4, 0.5) is 4.79 Å². The maximum atomic E-state index is 12.4. The zero-order valence-electron chi connectivity index (χ0n) is 12.2. The first-order chi connectivity index (χ1) is 9.50. The van der Waals surface area contributed by atoms with Crippen LogP contribution in [0.25, 0.3) is 0 Å². The van der Waals surface area contributed by atoms with Crippen LogP contribution in [0, 0.1) is 11.8 Å². The molecule has 0 N–H and O–H groups in total. The van der Waals surface area contributed by atoms with Gasteiger partial charge in [-0.3, -0.25) is 4.79 Å². The molecule has 1 aromatic rings. The van der Waals surface area contributed by atoms with Crippen molar-refractivity contribution in [3.05, 3.63) is 35.9 Å². The molecule has 0 aliphatic carbocycles. The quantitative estimate of drug-likeness (QED) is 0.846. The van der Waals surface area contributed by atoms with Gasteiger partial charge in [-0.15, -0.1) is 0 Å². The second-order valence-electron chi connectivity index (χ2n) is 5.69. The summed E-state index contributed by atoms with van der Waals surface area (Å²) in [5.74, 6) is 0.502. The monoisotopic (exact) mass is 275 g/mol. The van der Waals surface area contributed by atoms with Crippen LogP contribution in [0.15, 0.2) is 30.3 Å². The Balaban J connectivity index is 2.15. The summed E-state index contributed by atoms with van der Waals surface area (Å²) in [5.41, 5.74) is 0.934. The number of carbonyl (C=O) groups is 2. The van der Waals surface area contributed by atoms with Gasteiger partial charge in [-0.05, 0) is 17.4 Å². The second-order valence-corrected chi connectivity index (χ2v) is 5.69. The molecule has 1 aliphatic rings. The van der Waals surface area contributed by atoms with E-state index in [-0.39, 0.29) is 24.5 Å². The van der Waals surface area contributed by atoms with Crippen LogP contribution in [0.5, 0.6) is 0 Å². The molecule has 2 atom stereocenters. The zero-order chi connectivity index (χ0) is 14.7. The first-order valence-corrected chi connectivity index (χ1v) is 7.04. The van der Waals surface area contributed by atoms with Crippen LogP contribution in [-0.4, -0.2) is 23.5 Å². The van der Waals surface area contributed by atoms with E-state index in [1.807, 2.05) is 37.3 Å². The first kappa shape index (κ1) is 14.6. The summed E-state index contributed by atoms with van der Waals surface area (Å²) in [5, 5.41) is 0. The molecule has 4 heteroatoms. The molecule has 1 aromatic carbocycles. The lowest BCUT2D eigenvalue weighted by molar-refractivity contribution is -0.130. The van der Waals surface area contributed by atoms with Gasteiger partial charge < -0.3 is 4.74 Å². The van der Waals surface area contributed by atoms with Gasteiger partial charge in [0.1, 0.15) is 12.6 Å². The number of nitrogens with zero attached hydrogens (tertiary/aromatic N) is 1. The Labute approximate surface area is 119 Å². The van der Waals surface area contributed by atoms with Crippen molar-refractivity contribution >= 4 is 12.0 Å². The predicted molar refractivity (Wildman–Crippen MR) is 76.0 cm³/mol. The lowest BCUT2D eigenvalue weighted by Crippen LogP contribution is -2.35. The maximum absolute atomic E-state index is 12.4. The minimum absolute atomic E-state index is 0.150. The number of imide groups is 1. The van der Waals surface area contributed by atoms with Crippen molar-refractivity contribution in [1.29, 1.82) is 0 Å². The van der Waals surface area contributed by atoms with E-state index in [4.69, 9.17) is 4.74 Å². The number of cyclic esters (lactones) is 1. The van der Waals surface area contributed by atoms with Crippen molar-refractivity contribution in [2.24, 2.45) is 11.8 Å². The highest BCUT2D eigenvalue weighted by molar-refractivity contribution is 5.93. The standard InChI is InChI=1S/C16H21NO3/c1-11(2)12(3)9-15(18)17-14(10-20-16(17)19)13-7-5-4-6-8-13/h4-8,11-12,14H,9-10H2,1-3H3/t12-,14?/m1/s1. The normalized spacial score (nSPS) is 20.1. The average molecular weight is 275 g/mol. The fourth-order valence-electron chi connectivity index (χ4n) is 2.23. The van der Waals surface area contributed by atoms with Gasteiger partial charge >= 0.3 is 6.09 Å². The summed E-state index contributed by atoms with van der Waals surface area (Å²) in [7, 11) is 0. The van der Waals surface area contributed by atoms with Crippen LogP contribution in [0.2, 0.25) is 0 Å². The van der Waals surface area contributed by atoms with Crippen LogP contribution >= 0.6 is 0 Å². The van der Waals surface area contributed by atoms with Gasteiger partial charge in [-0.2, -0.15) is 0 Å². The molecular weight excluding hydrogens is 254 g/mol. The molecule has 2 rings (SSSR count). The molecule has 4 nitrogen and oxygen atoms in total. The SMILES string of the molecule is CC(C)[C@H](C)CC(=O)N1C(=O)OCC1c1ccccc1. The molecule has 0 spiro atoms. The Morgan fingerprint density at radius 3 is 2.55 bits per heavy atom. The van der Waals surface area contributed by atoms with Gasteiger partial charge in [0, 0.05) is 6.42 Å². The predicted octanol–water partition coefficient (Wildman–Crippen LogP) is 3.39. The van der Waals surface area contributed by atoms with E-state index in [1.165, 1.54) is 4.90 Å². The Morgan fingerprint density at radius 1 is 1.30 bits per heavy atom. The van der Waals surface area contributed by atoms with Crippen molar-refractivity contribution in [2.75, 3.05) is 6.61 Å². The van der Waals surface area contributed by atoms with E-state index >= 15 is 0 Å². The molecule has 20 heavy (non-hydrogen) atoms. The molecule has 0 radical (unpaired) electrons. The highest BCUT2D eigenvalue weighted by Crippen LogP contribution is 2.29. The maximum Gasteiger partial charge on any atom is 0.417 e. The van der Waals surface area contributed by atoms with Crippen LogP contribution < -0.4 is 0 Å². The lowest BCUT2D eigenvalue weighted by atomic mass is 9.94. The van der Waals surface area contributed by atoms with Gasteiger partial charge in [-0.25, -0.2) is 9.69 Å². The highest BCUT2D eigenvalue weighted by atomic mass is 16.6. The molecule has 2 amide bonds. The molecule has 0 bridgehead atoms. The Kier molecular flexibility index (Phi) is 4.42. The van der Waals surface area contributed by atoms with Gasteiger partial charge in [0.05, 0.1) is 0 Å². The van der Waals surface area contributed by atoms with Crippen molar-refractivity contribution in [1.82, 2.24) is 4.90 Å². The number of amides is 2. The first-order valence-electron chi connectivity index (χ1n) is 7.04. The molecule has 0 saturated carbocycles. The van der Waals surface area contributed by atoms with Crippen LogP contribution in [0.1, 0.15) is 38.8 Å². The number of ether oxygens (including phenoxy) is 1. The molecule has 108 valence electrons. The Hall–Kier alpha value is -1.84. The molecular formula is C16H21NO3. The number of carbonyl (C=O) groups excluding carboxylic acids is 2. The summed E-state index contributed by atoms with van der Waals surface area (Å²) in [4.78, 5) is 25.5. The third kappa shape index (κ3) is 3.00. The summed E-state index contributed by atoms with van der Waals surface area (Å²) >= 11 is 0. The van der Waals surface area contributed by atoms with E-state index in [9.17, 15) is 9.59 Å². The lowest BCUT2D eigenvalue weighted by Gasteiger charge is -2.22. The highest BCUT2D eigenvalue weighted by Gasteiger charge is 2.39. The smallest absolute Gasteiger partial charge is 0.417 e.